The molecule has 0 saturated heterocycles. The maximum absolute atomic E-state index is 3.85. The Morgan fingerprint density at radius 1 is 0.933 bits per heavy atom. The van der Waals surface area contributed by atoms with E-state index in [0.29, 0.717) is 0 Å². The zero-order chi connectivity index (χ0) is 10.5. The molecule has 0 aromatic carbocycles. The van der Waals surface area contributed by atoms with Crippen LogP contribution in [0.5, 0.6) is 0 Å². The maximum Gasteiger partial charge on any atom is 0.00695 e. The first-order valence-corrected chi connectivity index (χ1v) is 7.10. The van der Waals surface area contributed by atoms with E-state index in [1.54, 1.807) is 0 Å². The summed E-state index contributed by atoms with van der Waals surface area (Å²) in [7, 11) is 0. The molecule has 2 aliphatic rings. The van der Waals surface area contributed by atoms with Gasteiger partial charge in [0.15, 0.2) is 0 Å². The molecule has 2 aliphatic carbocycles. The van der Waals surface area contributed by atoms with Crippen molar-refractivity contribution in [2.24, 2.45) is 5.92 Å². The molecule has 2 saturated carbocycles. The van der Waals surface area contributed by atoms with Gasteiger partial charge in [0, 0.05) is 12.1 Å². The summed E-state index contributed by atoms with van der Waals surface area (Å²) in [6.07, 6.45) is 14.6. The summed E-state index contributed by atoms with van der Waals surface area (Å²) in [6.45, 7) is 2.40. The molecule has 1 heteroatoms. The van der Waals surface area contributed by atoms with Crippen LogP contribution in [0.1, 0.15) is 71.1 Å². The third kappa shape index (κ3) is 3.79. The summed E-state index contributed by atoms with van der Waals surface area (Å²) in [5.74, 6) is 1.04. The minimum Gasteiger partial charge on any atom is -0.311 e. The minimum atomic E-state index is 0.760. The second-order valence-electron chi connectivity index (χ2n) is 5.79. The second-order valence-corrected chi connectivity index (χ2v) is 5.79. The highest BCUT2D eigenvalue weighted by atomic mass is 14.9. The molecule has 0 amide bonds. The van der Waals surface area contributed by atoms with Crippen molar-refractivity contribution in [3.8, 4) is 0 Å². The third-order valence-electron chi connectivity index (χ3n) is 4.29. The van der Waals surface area contributed by atoms with Crippen LogP contribution in [-0.4, -0.2) is 12.1 Å². The van der Waals surface area contributed by atoms with Crippen molar-refractivity contribution in [1.29, 1.82) is 0 Å². The van der Waals surface area contributed by atoms with Crippen molar-refractivity contribution < 1.29 is 0 Å². The van der Waals surface area contributed by atoms with Crippen LogP contribution in [0.3, 0.4) is 0 Å². The quantitative estimate of drug-likeness (QED) is 0.741. The van der Waals surface area contributed by atoms with E-state index in [1.807, 2.05) is 0 Å². The van der Waals surface area contributed by atoms with Crippen LogP contribution in [0.15, 0.2) is 0 Å². The predicted octanol–water partition coefficient (Wildman–Crippen LogP) is 3.88. The first-order chi connectivity index (χ1) is 7.34. The molecule has 2 fully saturated rings. The van der Waals surface area contributed by atoms with E-state index in [-0.39, 0.29) is 0 Å². The van der Waals surface area contributed by atoms with Crippen LogP contribution in [0.4, 0.5) is 0 Å². The summed E-state index contributed by atoms with van der Waals surface area (Å²) >= 11 is 0. The number of hydrogen-bond acceptors (Lipinski definition) is 1. The Kier molecular flexibility index (Phi) is 4.49. The molecular weight excluding hydrogens is 182 g/mol. The van der Waals surface area contributed by atoms with Gasteiger partial charge in [-0.1, -0.05) is 44.9 Å². The molecule has 2 rings (SSSR count). The van der Waals surface area contributed by atoms with E-state index in [1.165, 1.54) is 64.2 Å². The zero-order valence-corrected chi connectivity index (χ0v) is 10.3. The fraction of sp³-hybridized carbons (Fsp3) is 1.00. The normalized spacial score (nSPS) is 27.0. The van der Waals surface area contributed by atoms with Crippen molar-refractivity contribution in [3.05, 3.63) is 0 Å². The van der Waals surface area contributed by atoms with Gasteiger partial charge in [0.05, 0.1) is 0 Å². The van der Waals surface area contributed by atoms with Crippen molar-refractivity contribution in [1.82, 2.24) is 5.32 Å². The van der Waals surface area contributed by atoms with Crippen molar-refractivity contribution in [2.75, 3.05) is 0 Å². The molecule has 1 atom stereocenters. The molecule has 0 radical (unpaired) electrons. The average Bonchev–Trinajstić information content (AvgIpc) is 2.71. The van der Waals surface area contributed by atoms with Gasteiger partial charge in [0.1, 0.15) is 0 Å². The van der Waals surface area contributed by atoms with Crippen LogP contribution in [0.2, 0.25) is 0 Å². The summed E-state index contributed by atoms with van der Waals surface area (Å²) in [6, 6.07) is 1.60. The molecule has 1 unspecified atom stereocenters. The summed E-state index contributed by atoms with van der Waals surface area (Å²) in [5, 5.41) is 3.85. The topological polar surface area (TPSA) is 12.0 Å². The second kappa shape index (κ2) is 5.89. The van der Waals surface area contributed by atoms with Gasteiger partial charge in [-0.2, -0.15) is 0 Å². The molecule has 1 nitrogen and oxygen atoms in total. The fourth-order valence-corrected chi connectivity index (χ4v) is 3.49. The minimum absolute atomic E-state index is 0.760. The molecular formula is C14H27N. The molecule has 0 aromatic rings. The Labute approximate surface area is 95.0 Å². The molecule has 0 aromatic heterocycles. The average molecular weight is 209 g/mol. The molecule has 15 heavy (non-hydrogen) atoms. The van der Waals surface area contributed by atoms with Crippen LogP contribution in [0.25, 0.3) is 0 Å². The Balaban J connectivity index is 1.64. The monoisotopic (exact) mass is 209 g/mol. The molecule has 0 bridgehead atoms. The Hall–Kier alpha value is -0.0400. The van der Waals surface area contributed by atoms with E-state index < -0.39 is 0 Å². The van der Waals surface area contributed by atoms with E-state index in [0.717, 1.165) is 18.0 Å². The highest BCUT2D eigenvalue weighted by molar-refractivity contribution is 4.78. The van der Waals surface area contributed by atoms with E-state index in [2.05, 4.69) is 12.2 Å². The lowest BCUT2D eigenvalue weighted by atomic mass is 9.93. The van der Waals surface area contributed by atoms with Gasteiger partial charge in [0.25, 0.3) is 0 Å². The molecule has 0 spiro atoms. The maximum atomic E-state index is 3.85. The number of nitrogens with one attached hydrogen (secondary N) is 1. The van der Waals surface area contributed by atoms with Crippen LogP contribution in [-0.2, 0) is 0 Å². The lowest BCUT2D eigenvalue weighted by molar-refractivity contribution is 0.313. The Morgan fingerprint density at radius 2 is 1.53 bits per heavy atom. The zero-order valence-electron chi connectivity index (χ0n) is 10.3. The van der Waals surface area contributed by atoms with E-state index >= 15 is 0 Å². The highest BCUT2D eigenvalue weighted by Gasteiger charge is 2.20. The lowest BCUT2D eigenvalue weighted by Crippen LogP contribution is -2.38. The van der Waals surface area contributed by atoms with Gasteiger partial charge in [0.2, 0.25) is 0 Å². The van der Waals surface area contributed by atoms with Crippen LogP contribution >= 0.6 is 0 Å². The van der Waals surface area contributed by atoms with Gasteiger partial charge in [-0.05, 0) is 32.1 Å². The van der Waals surface area contributed by atoms with Gasteiger partial charge >= 0.3 is 0 Å². The number of hydrogen-bond donors (Lipinski definition) is 1. The van der Waals surface area contributed by atoms with Gasteiger partial charge < -0.3 is 5.32 Å². The van der Waals surface area contributed by atoms with Crippen LogP contribution in [0, 0.1) is 5.92 Å². The van der Waals surface area contributed by atoms with E-state index in [9.17, 15) is 0 Å². The SMILES string of the molecule is CC(CC1CCCC1)NC1CCCCC1. The molecule has 0 heterocycles. The van der Waals surface area contributed by atoms with Gasteiger partial charge in [-0.25, -0.2) is 0 Å². The molecule has 1 N–H and O–H groups in total. The van der Waals surface area contributed by atoms with Crippen molar-refractivity contribution >= 4 is 0 Å². The van der Waals surface area contributed by atoms with Crippen LogP contribution < -0.4 is 5.32 Å². The molecule has 88 valence electrons. The van der Waals surface area contributed by atoms with Crippen molar-refractivity contribution in [2.45, 2.75) is 83.2 Å². The Bertz CT molecular complexity index is 166. The van der Waals surface area contributed by atoms with Gasteiger partial charge in [-0.3, -0.25) is 0 Å². The Morgan fingerprint density at radius 3 is 2.20 bits per heavy atom. The molecule has 0 aliphatic heterocycles. The summed E-state index contributed by atoms with van der Waals surface area (Å²) < 4.78 is 0. The smallest absolute Gasteiger partial charge is 0.00695 e. The fourth-order valence-electron chi connectivity index (χ4n) is 3.49. The lowest BCUT2D eigenvalue weighted by Gasteiger charge is -2.27. The first-order valence-electron chi connectivity index (χ1n) is 7.10. The third-order valence-corrected chi connectivity index (χ3v) is 4.29. The highest BCUT2D eigenvalue weighted by Crippen LogP contribution is 2.29. The van der Waals surface area contributed by atoms with Gasteiger partial charge in [-0.15, -0.1) is 0 Å². The van der Waals surface area contributed by atoms with Crippen molar-refractivity contribution in [3.63, 3.8) is 0 Å². The summed E-state index contributed by atoms with van der Waals surface area (Å²) in [4.78, 5) is 0. The largest absolute Gasteiger partial charge is 0.311 e. The first kappa shape index (κ1) is 11.4. The summed E-state index contributed by atoms with van der Waals surface area (Å²) in [5.41, 5.74) is 0. The standard InChI is InChI=1S/C14H27N/c1-12(11-13-7-5-6-8-13)15-14-9-3-2-4-10-14/h12-15H,2-11H2,1H3. The van der Waals surface area contributed by atoms with E-state index in [4.69, 9.17) is 0 Å². The number of rotatable bonds is 4. The predicted molar refractivity (Wildman–Crippen MR) is 66.0 cm³/mol.